The second kappa shape index (κ2) is 10.8. The third kappa shape index (κ3) is 5.63. The molecular weight excluding hydrogens is 430 g/mol. The largest absolute Gasteiger partial charge is 0.339 e. The van der Waals surface area contributed by atoms with E-state index in [0.29, 0.717) is 22.4 Å². The van der Waals surface area contributed by atoms with Crippen molar-refractivity contribution < 1.29 is 9.59 Å². The van der Waals surface area contributed by atoms with Gasteiger partial charge in [-0.25, -0.2) is 0 Å². The smallest absolute Gasteiger partial charge is 0.256 e. The van der Waals surface area contributed by atoms with Crippen LogP contribution in [0.3, 0.4) is 0 Å². The van der Waals surface area contributed by atoms with Gasteiger partial charge in [0.05, 0.1) is 11.1 Å². The first-order valence-electron chi connectivity index (χ1n) is 11.1. The molecule has 1 N–H and O–H groups in total. The molecule has 0 aliphatic carbocycles. The van der Waals surface area contributed by atoms with Crippen molar-refractivity contribution in [2.45, 2.75) is 35.5 Å². The number of amides is 2. The minimum atomic E-state index is -0.237. The maximum absolute atomic E-state index is 13.0. The fourth-order valence-electron chi connectivity index (χ4n) is 3.86. The van der Waals surface area contributed by atoms with Crippen molar-refractivity contribution in [2.24, 2.45) is 0 Å². The van der Waals surface area contributed by atoms with Gasteiger partial charge in [0.1, 0.15) is 6.07 Å². The zero-order chi connectivity index (χ0) is 23.0. The van der Waals surface area contributed by atoms with E-state index in [0.717, 1.165) is 35.7 Å². The summed E-state index contributed by atoms with van der Waals surface area (Å²) >= 11 is 1.39. The van der Waals surface area contributed by atoms with E-state index < -0.39 is 0 Å². The van der Waals surface area contributed by atoms with Crippen molar-refractivity contribution >= 4 is 29.3 Å². The summed E-state index contributed by atoms with van der Waals surface area (Å²) in [5.74, 6) is -0.188. The highest BCUT2D eigenvalue weighted by Crippen LogP contribution is 2.33. The van der Waals surface area contributed by atoms with E-state index in [-0.39, 0.29) is 11.8 Å². The van der Waals surface area contributed by atoms with E-state index in [1.807, 2.05) is 41.3 Å². The molecule has 0 bridgehead atoms. The number of hydrogen-bond donors (Lipinski definition) is 1. The molecule has 1 fully saturated rings. The van der Waals surface area contributed by atoms with Gasteiger partial charge < -0.3 is 10.2 Å². The second-order valence-corrected chi connectivity index (χ2v) is 9.03. The molecule has 1 saturated heterocycles. The molecule has 166 valence electrons. The minimum absolute atomic E-state index is 0.0488. The third-order valence-electron chi connectivity index (χ3n) is 5.64. The van der Waals surface area contributed by atoms with Crippen molar-refractivity contribution in [3.63, 3.8) is 0 Å². The van der Waals surface area contributed by atoms with E-state index in [1.54, 1.807) is 36.4 Å². The zero-order valence-corrected chi connectivity index (χ0v) is 19.1. The molecule has 3 aromatic carbocycles. The summed E-state index contributed by atoms with van der Waals surface area (Å²) in [7, 11) is 0. The quantitative estimate of drug-likeness (QED) is 0.514. The van der Waals surface area contributed by atoms with Gasteiger partial charge in [0.2, 0.25) is 0 Å². The summed E-state index contributed by atoms with van der Waals surface area (Å²) < 4.78 is 0. The Labute approximate surface area is 198 Å². The Hall–Kier alpha value is -3.56. The number of carbonyl (C=O) groups is 2. The van der Waals surface area contributed by atoms with Crippen molar-refractivity contribution in [2.75, 3.05) is 18.4 Å². The molecule has 33 heavy (non-hydrogen) atoms. The fraction of sp³-hybridized carbons (Fsp3) is 0.222. The average molecular weight is 456 g/mol. The van der Waals surface area contributed by atoms with Crippen LogP contribution in [-0.4, -0.2) is 29.8 Å². The lowest BCUT2D eigenvalue weighted by Crippen LogP contribution is -2.31. The van der Waals surface area contributed by atoms with Gasteiger partial charge in [-0.05, 0) is 61.4 Å². The number of rotatable bonds is 5. The number of benzene rings is 3. The normalized spacial score (nSPS) is 13.6. The van der Waals surface area contributed by atoms with Crippen LogP contribution in [0, 0.1) is 11.3 Å². The summed E-state index contributed by atoms with van der Waals surface area (Å²) in [6.45, 7) is 1.61. The molecule has 1 heterocycles. The predicted molar refractivity (Wildman–Crippen MR) is 130 cm³/mol. The first-order valence-corrected chi connectivity index (χ1v) is 11.9. The Bertz CT molecular complexity index is 1180. The zero-order valence-electron chi connectivity index (χ0n) is 18.3. The lowest BCUT2D eigenvalue weighted by molar-refractivity contribution is 0.0761. The average Bonchev–Trinajstić information content (AvgIpc) is 3.14. The van der Waals surface area contributed by atoms with Gasteiger partial charge in [0.15, 0.2) is 0 Å². The van der Waals surface area contributed by atoms with Gasteiger partial charge in [-0.1, -0.05) is 48.9 Å². The van der Waals surface area contributed by atoms with Crippen LogP contribution in [0.25, 0.3) is 0 Å². The Morgan fingerprint density at radius 1 is 0.818 bits per heavy atom. The summed E-state index contributed by atoms with van der Waals surface area (Å²) in [6.07, 6.45) is 4.46. The van der Waals surface area contributed by atoms with Crippen LogP contribution in [-0.2, 0) is 0 Å². The highest BCUT2D eigenvalue weighted by atomic mass is 32.2. The second-order valence-electron chi connectivity index (χ2n) is 7.94. The number of carbonyl (C=O) groups excluding carboxylic acids is 2. The monoisotopic (exact) mass is 455 g/mol. The van der Waals surface area contributed by atoms with Gasteiger partial charge in [-0.3, -0.25) is 9.59 Å². The maximum atomic E-state index is 13.0. The van der Waals surface area contributed by atoms with Crippen molar-refractivity contribution in [3.05, 3.63) is 89.5 Å². The molecular formula is C27H25N3O2S. The van der Waals surface area contributed by atoms with Crippen molar-refractivity contribution in [1.82, 2.24) is 4.90 Å². The molecule has 1 aliphatic rings. The Balaban J connectivity index is 1.46. The highest BCUT2D eigenvalue weighted by molar-refractivity contribution is 7.99. The number of nitrogens with one attached hydrogen (secondary N) is 1. The Morgan fingerprint density at radius 3 is 2.15 bits per heavy atom. The van der Waals surface area contributed by atoms with E-state index in [2.05, 4.69) is 11.4 Å². The van der Waals surface area contributed by atoms with Gasteiger partial charge >= 0.3 is 0 Å². The van der Waals surface area contributed by atoms with Crippen LogP contribution in [0.1, 0.15) is 52.0 Å². The molecule has 0 aromatic heterocycles. The van der Waals surface area contributed by atoms with Crippen LogP contribution >= 0.6 is 11.8 Å². The van der Waals surface area contributed by atoms with Gasteiger partial charge in [-0.2, -0.15) is 5.26 Å². The summed E-state index contributed by atoms with van der Waals surface area (Å²) in [5.41, 5.74) is 2.37. The predicted octanol–water partition coefficient (Wildman–Crippen LogP) is 5.98. The molecule has 0 atom stereocenters. The highest BCUT2D eigenvalue weighted by Gasteiger charge is 2.18. The molecule has 0 radical (unpaired) electrons. The molecule has 5 nitrogen and oxygen atoms in total. The van der Waals surface area contributed by atoms with Crippen LogP contribution in [0.4, 0.5) is 5.69 Å². The SMILES string of the molecule is N#Cc1ccccc1Sc1ccccc1C(=O)Nc1ccc(C(=O)N2CCCCCC2)cc1. The molecule has 6 heteroatoms. The molecule has 0 unspecified atom stereocenters. The summed E-state index contributed by atoms with van der Waals surface area (Å²) in [4.78, 5) is 29.3. The van der Waals surface area contributed by atoms with E-state index in [1.165, 1.54) is 24.6 Å². The summed E-state index contributed by atoms with van der Waals surface area (Å²) in [6, 6.07) is 23.9. The first-order chi connectivity index (χ1) is 16.2. The lowest BCUT2D eigenvalue weighted by atomic mass is 10.1. The van der Waals surface area contributed by atoms with E-state index >= 15 is 0 Å². The number of hydrogen-bond acceptors (Lipinski definition) is 4. The van der Waals surface area contributed by atoms with Gasteiger partial charge in [-0.15, -0.1) is 0 Å². The Kier molecular flexibility index (Phi) is 7.43. The van der Waals surface area contributed by atoms with E-state index in [9.17, 15) is 14.9 Å². The van der Waals surface area contributed by atoms with Crippen LogP contribution in [0.5, 0.6) is 0 Å². The standard InChI is InChI=1S/C27H25N3O2S/c28-19-21-9-3-5-11-24(21)33-25-12-6-4-10-23(25)26(31)29-22-15-13-20(14-16-22)27(32)30-17-7-1-2-8-18-30/h3-6,9-16H,1-2,7-8,17-18H2,(H,29,31). The van der Waals surface area contributed by atoms with Gasteiger partial charge in [0.25, 0.3) is 11.8 Å². The van der Waals surface area contributed by atoms with Crippen LogP contribution in [0.2, 0.25) is 0 Å². The third-order valence-corrected chi connectivity index (χ3v) is 6.79. The Morgan fingerprint density at radius 2 is 1.45 bits per heavy atom. The molecule has 0 saturated carbocycles. The number of anilines is 1. The van der Waals surface area contributed by atoms with E-state index in [4.69, 9.17) is 0 Å². The van der Waals surface area contributed by atoms with Crippen molar-refractivity contribution in [3.8, 4) is 6.07 Å². The van der Waals surface area contributed by atoms with Crippen LogP contribution in [0.15, 0.2) is 82.6 Å². The molecule has 0 spiro atoms. The minimum Gasteiger partial charge on any atom is -0.339 e. The fourth-order valence-corrected chi connectivity index (χ4v) is 4.89. The van der Waals surface area contributed by atoms with Crippen LogP contribution < -0.4 is 5.32 Å². The molecule has 4 rings (SSSR count). The number of nitriles is 1. The first kappa shape index (κ1) is 22.6. The number of likely N-dealkylation sites (tertiary alicyclic amines) is 1. The van der Waals surface area contributed by atoms with Crippen molar-refractivity contribution in [1.29, 1.82) is 5.26 Å². The molecule has 2 amide bonds. The topological polar surface area (TPSA) is 73.2 Å². The van der Waals surface area contributed by atoms with Gasteiger partial charge in [0, 0.05) is 34.1 Å². The maximum Gasteiger partial charge on any atom is 0.256 e. The molecule has 3 aromatic rings. The lowest BCUT2D eigenvalue weighted by Gasteiger charge is -2.20. The summed E-state index contributed by atoms with van der Waals surface area (Å²) in [5, 5.41) is 12.3. The number of nitrogens with zero attached hydrogens (tertiary/aromatic N) is 2. The molecule has 1 aliphatic heterocycles.